The van der Waals surface area contributed by atoms with Gasteiger partial charge in [0.05, 0.1) is 5.56 Å². The molecule has 1 atom stereocenters. The van der Waals surface area contributed by atoms with Crippen LogP contribution in [-0.4, -0.2) is 21.4 Å². The van der Waals surface area contributed by atoms with Gasteiger partial charge in [0.1, 0.15) is 16.7 Å². The lowest BCUT2D eigenvalue weighted by Gasteiger charge is -2.22. The van der Waals surface area contributed by atoms with E-state index in [1.807, 2.05) is 40.6 Å². The van der Waals surface area contributed by atoms with Crippen molar-refractivity contribution in [3.63, 3.8) is 0 Å². The highest BCUT2D eigenvalue weighted by Crippen LogP contribution is 2.36. The number of benzene rings is 2. The van der Waals surface area contributed by atoms with E-state index in [2.05, 4.69) is 9.71 Å². The minimum absolute atomic E-state index is 0.207. The van der Waals surface area contributed by atoms with Gasteiger partial charge >= 0.3 is 6.18 Å². The van der Waals surface area contributed by atoms with Crippen molar-refractivity contribution in [1.82, 2.24) is 9.71 Å². The second-order valence-electron chi connectivity index (χ2n) is 7.60. The summed E-state index contributed by atoms with van der Waals surface area (Å²) in [5, 5.41) is 3.21. The van der Waals surface area contributed by atoms with Gasteiger partial charge in [0.2, 0.25) is 0 Å². The molecule has 34 heavy (non-hydrogen) atoms. The van der Waals surface area contributed by atoms with Crippen molar-refractivity contribution in [2.24, 2.45) is 0 Å². The molecule has 2 aromatic carbocycles. The van der Waals surface area contributed by atoms with E-state index in [4.69, 9.17) is 0 Å². The van der Waals surface area contributed by atoms with Crippen molar-refractivity contribution in [1.29, 1.82) is 0 Å². The zero-order valence-corrected chi connectivity index (χ0v) is 20.6. The molecule has 0 radical (unpaired) electrons. The Kier molecular flexibility index (Phi) is 7.06. The van der Waals surface area contributed by atoms with Crippen LogP contribution >= 0.6 is 22.7 Å². The van der Waals surface area contributed by atoms with Crippen LogP contribution in [0.3, 0.4) is 0 Å². The van der Waals surface area contributed by atoms with Gasteiger partial charge in [0.25, 0.3) is 5.91 Å². The number of amides is 1. The van der Waals surface area contributed by atoms with E-state index >= 15 is 0 Å². The molecule has 1 unspecified atom stereocenters. The molecule has 0 bridgehead atoms. The van der Waals surface area contributed by atoms with Gasteiger partial charge in [-0.25, -0.2) is 9.19 Å². The van der Waals surface area contributed by atoms with Gasteiger partial charge in [-0.15, -0.1) is 22.7 Å². The molecule has 0 saturated carbocycles. The van der Waals surface area contributed by atoms with E-state index in [9.17, 15) is 22.2 Å². The smallest absolute Gasteiger partial charge is 0.339 e. The van der Waals surface area contributed by atoms with Gasteiger partial charge in [-0.2, -0.15) is 13.2 Å². The maximum Gasteiger partial charge on any atom is 0.416 e. The van der Waals surface area contributed by atoms with Gasteiger partial charge in [-0.05, 0) is 40.9 Å². The monoisotopic (exact) mass is 523 g/mol. The Balaban J connectivity index is 1.69. The molecule has 2 aromatic heterocycles. The SMILES string of the molecule is Cc1sc(N(Cc2ccccc2)Cc2csc3cc(C(F)(F)F)ccc23)nc1C(=O)NS(C)=O. The van der Waals surface area contributed by atoms with Crippen molar-refractivity contribution in [3.05, 3.63) is 81.2 Å². The Morgan fingerprint density at radius 1 is 1.15 bits per heavy atom. The number of hydrogen-bond acceptors (Lipinski definition) is 6. The highest BCUT2D eigenvalue weighted by Gasteiger charge is 2.31. The minimum Gasteiger partial charge on any atom is -0.339 e. The number of fused-ring (bicyclic) bond motifs is 1. The number of hydrogen-bond donors (Lipinski definition) is 1. The number of thiophene rings is 1. The largest absolute Gasteiger partial charge is 0.416 e. The van der Waals surface area contributed by atoms with E-state index < -0.39 is 28.6 Å². The number of thiazole rings is 1. The quantitative estimate of drug-likeness (QED) is 0.327. The molecule has 0 fully saturated rings. The van der Waals surface area contributed by atoms with Crippen LogP contribution in [0.25, 0.3) is 10.1 Å². The van der Waals surface area contributed by atoms with Crippen LogP contribution in [0.15, 0.2) is 53.9 Å². The number of aromatic nitrogens is 1. The lowest BCUT2D eigenvalue weighted by Crippen LogP contribution is -2.26. The average molecular weight is 524 g/mol. The Hall–Kier alpha value is -2.76. The fraction of sp³-hybridized carbons (Fsp3) is 0.217. The predicted molar refractivity (Wildman–Crippen MR) is 132 cm³/mol. The van der Waals surface area contributed by atoms with Gasteiger partial charge < -0.3 is 4.90 Å². The Morgan fingerprint density at radius 3 is 2.56 bits per heavy atom. The maximum absolute atomic E-state index is 13.1. The van der Waals surface area contributed by atoms with E-state index in [0.717, 1.165) is 22.6 Å². The van der Waals surface area contributed by atoms with Gasteiger partial charge in [0.15, 0.2) is 5.13 Å². The third kappa shape index (κ3) is 5.48. The molecule has 0 aliphatic carbocycles. The van der Waals surface area contributed by atoms with Crippen molar-refractivity contribution < 1.29 is 22.2 Å². The Bertz CT molecular complexity index is 1350. The fourth-order valence-electron chi connectivity index (χ4n) is 3.49. The summed E-state index contributed by atoms with van der Waals surface area (Å²) in [5.74, 6) is -0.513. The number of anilines is 1. The molecule has 5 nitrogen and oxygen atoms in total. The lowest BCUT2D eigenvalue weighted by molar-refractivity contribution is -0.137. The summed E-state index contributed by atoms with van der Waals surface area (Å²) in [6, 6.07) is 13.5. The standard InChI is InChI=1S/C23H20F3N3O2S3/c1-14-20(21(30)28-34(2)31)27-22(33-14)29(11-15-6-4-3-5-7-15)12-16-13-32-19-10-17(23(24,25)26)8-9-18(16)19/h3-10,13H,11-12H2,1-2H3,(H,28,30). The van der Waals surface area contributed by atoms with E-state index in [1.165, 1.54) is 41.1 Å². The molecular weight excluding hydrogens is 503 g/mol. The highest BCUT2D eigenvalue weighted by atomic mass is 32.2. The first-order valence-corrected chi connectivity index (χ1v) is 13.4. The molecule has 178 valence electrons. The maximum atomic E-state index is 13.1. The number of alkyl halides is 3. The summed E-state index contributed by atoms with van der Waals surface area (Å²) in [6.07, 6.45) is -3.02. The molecule has 0 spiro atoms. The van der Waals surface area contributed by atoms with Crippen LogP contribution < -0.4 is 9.62 Å². The number of nitrogens with one attached hydrogen (secondary N) is 1. The first kappa shape index (κ1) is 24.4. The number of carbonyl (C=O) groups excluding carboxylic acids is 1. The van der Waals surface area contributed by atoms with Gasteiger partial charge in [0, 0.05) is 28.9 Å². The normalized spacial score (nSPS) is 12.6. The highest BCUT2D eigenvalue weighted by molar-refractivity contribution is 7.82. The average Bonchev–Trinajstić information content (AvgIpc) is 3.36. The number of rotatable bonds is 7. The summed E-state index contributed by atoms with van der Waals surface area (Å²) >= 11 is 2.61. The Labute approximate surface area is 204 Å². The molecular formula is C23H20F3N3O2S3. The van der Waals surface area contributed by atoms with Crippen LogP contribution in [0.5, 0.6) is 0 Å². The second-order valence-corrected chi connectivity index (χ2v) is 10.8. The second kappa shape index (κ2) is 9.85. The van der Waals surface area contributed by atoms with Crippen molar-refractivity contribution in [3.8, 4) is 0 Å². The van der Waals surface area contributed by atoms with Crippen molar-refractivity contribution in [2.75, 3.05) is 11.2 Å². The van der Waals surface area contributed by atoms with Crippen LogP contribution in [-0.2, 0) is 30.3 Å². The van der Waals surface area contributed by atoms with Gasteiger partial charge in [-0.1, -0.05) is 36.4 Å². The van der Waals surface area contributed by atoms with E-state index in [-0.39, 0.29) is 5.69 Å². The van der Waals surface area contributed by atoms with E-state index in [0.29, 0.717) is 27.8 Å². The number of carbonyl (C=O) groups is 1. The van der Waals surface area contributed by atoms with Crippen LogP contribution in [0.4, 0.5) is 18.3 Å². The lowest BCUT2D eigenvalue weighted by atomic mass is 10.1. The molecule has 4 aromatic rings. The predicted octanol–water partition coefficient (Wildman–Crippen LogP) is 5.92. The third-order valence-electron chi connectivity index (χ3n) is 5.07. The molecule has 0 aliphatic heterocycles. The fourth-order valence-corrected chi connectivity index (χ4v) is 5.74. The summed E-state index contributed by atoms with van der Waals surface area (Å²) in [7, 11) is -1.51. The molecule has 0 saturated heterocycles. The topological polar surface area (TPSA) is 62.3 Å². The minimum atomic E-state index is -4.39. The van der Waals surface area contributed by atoms with Crippen molar-refractivity contribution in [2.45, 2.75) is 26.2 Å². The zero-order chi connectivity index (χ0) is 24.5. The number of aryl methyl sites for hydroxylation is 1. The first-order valence-electron chi connectivity index (χ1n) is 10.1. The van der Waals surface area contributed by atoms with Crippen LogP contribution in [0, 0.1) is 6.92 Å². The molecule has 11 heteroatoms. The molecule has 1 N–H and O–H groups in total. The first-order chi connectivity index (χ1) is 16.1. The Morgan fingerprint density at radius 2 is 1.88 bits per heavy atom. The van der Waals surface area contributed by atoms with Crippen LogP contribution in [0.2, 0.25) is 0 Å². The number of nitrogens with zero attached hydrogens (tertiary/aromatic N) is 2. The zero-order valence-electron chi connectivity index (χ0n) is 18.2. The van der Waals surface area contributed by atoms with Crippen LogP contribution in [0.1, 0.15) is 32.1 Å². The molecule has 2 heterocycles. The van der Waals surface area contributed by atoms with Crippen molar-refractivity contribution >= 4 is 54.8 Å². The van der Waals surface area contributed by atoms with E-state index in [1.54, 1.807) is 6.92 Å². The molecule has 1 amide bonds. The summed E-state index contributed by atoms with van der Waals surface area (Å²) in [5.41, 5.74) is 1.43. The third-order valence-corrected chi connectivity index (χ3v) is 7.57. The summed E-state index contributed by atoms with van der Waals surface area (Å²) < 4.78 is 53.7. The molecule has 0 aliphatic rings. The molecule has 4 rings (SSSR count). The summed E-state index contributed by atoms with van der Waals surface area (Å²) in [4.78, 5) is 19.6. The number of halogens is 3. The summed E-state index contributed by atoms with van der Waals surface area (Å²) in [6.45, 7) is 2.66. The van der Waals surface area contributed by atoms with Gasteiger partial charge in [-0.3, -0.25) is 9.52 Å².